The Labute approximate surface area is 177 Å². The predicted octanol–water partition coefficient (Wildman–Crippen LogP) is 4.34. The van der Waals surface area contributed by atoms with E-state index in [0.717, 1.165) is 12.4 Å². The lowest BCUT2D eigenvalue weighted by atomic mass is 10.0. The lowest BCUT2D eigenvalue weighted by Crippen LogP contribution is -2.39. The average molecular weight is 433 g/mol. The van der Waals surface area contributed by atoms with E-state index in [-0.39, 0.29) is 11.9 Å². The van der Waals surface area contributed by atoms with Crippen LogP contribution in [0.5, 0.6) is 0 Å². The first-order valence-corrected chi connectivity index (χ1v) is 9.79. The number of rotatable bonds is 7. The van der Waals surface area contributed by atoms with Crippen LogP contribution in [-0.4, -0.2) is 43.5 Å². The van der Waals surface area contributed by atoms with Crippen LogP contribution in [0.3, 0.4) is 0 Å². The molecule has 7 nitrogen and oxygen atoms in total. The fourth-order valence-corrected chi connectivity index (χ4v) is 3.21. The van der Waals surface area contributed by atoms with E-state index < -0.39 is 11.7 Å². The first-order valence-electron chi connectivity index (χ1n) is 9.79. The Balaban J connectivity index is 1.72. The quantitative estimate of drug-likeness (QED) is 0.551. The van der Waals surface area contributed by atoms with Gasteiger partial charge in [0, 0.05) is 43.9 Å². The van der Waals surface area contributed by atoms with Crippen LogP contribution in [0.25, 0.3) is 11.4 Å². The lowest BCUT2D eigenvalue weighted by molar-refractivity contribution is -0.138. The summed E-state index contributed by atoms with van der Waals surface area (Å²) in [5.41, 5.74) is 0.131. The third-order valence-corrected chi connectivity index (χ3v) is 4.88. The van der Waals surface area contributed by atoms with E-state index in [1.807, 2.05) is 13.8 Å². The molecule has 10 heteroatoms. The molecule has 2 heterocycles. The molecule has 0 spiro atoms. The Kier molecular flexibility index (Phi) is 6.67. The van der Waals surface area contributed by atoms with E-state index in [1.165, 1.54) is 0 Å². The number of aromatic nitrogens is 4. The number of carbonyl (C=O) groups excluding carboxylic acids is 1. The summed E-state index contributed by atoms with van der Waals surface area (Å²) in [6.07, 6.45) is -2.08. The van der Waals surface area contributed by atoms with E-state index in [0.29, 0.717) is 48.1 Å². The maximum atomic E-state index is 13.3. The summed E-state index contributed by atoms with van der Waals surface area (Å²) >= 11 is 0. The van der Waals surface area contributed by atoms with Gasteiger partial charge in [0.15, 0.2) is 0 Å². The van der Waals surface area contributed by atoms with Crippen LogP contribution in [0.1, 0.15) is 47.9 Å². The van der Waals surface area contributed by atoms with E-state index in [9.17, 15) is 18.0 Å². The molecule has 0 bridgehead atoms. The lowest BCUT2D eigenvalue weighted by Gasteiger charge is -2.28. The van der Waals surface area contributed by atoms with Crippen LogP contribution >= 0.6 is 0 Å². The molecule has 3 rings (SSSR count). The second-order valence-electron chi connectivity index (χ2n) is 7.05. The highest BCUT2D eigenvalue weighted by Gasteiger charge is 2.31. The van der Waals surface area contributed by atoms with Gasteiger partial charge in [-0.1, -0.05) is 23.4 Å². The summed E-state index contributed by atoms with van der Waals surface area (Å²) in [5.74, 6) is 0.838. The molecule has 1 atom stereocenters. The van der Waals surface area contributed by atoms with Crippen LogP contribution < -0.4 is 0 Å². The summed E-state index contributed by atoms with van der Waals surface area (Å²) in [4.78, 5) is 26.8. The Bertz CT molecular complexity index is 1030. The van der Waals surface area contributed by atoms with Crippen LogP contribution in [0, 0.1) is 6.92 Å². The second-order valence-corrected chi connectivity index (χ2v) is 7.05. The first-order chi connectivity index (χ1) is 14.7. The second kappa shape index (κ2) is 9.23. The molecule has 0 fully saturated rings. The summed E-state index contributed by atoms with van der Waals surface area (Å²) in [7, 11) is 0. The van der Waals surface area contributed by atoms with E-state index in [1.54, 1.807) is 36.1 Å². The standard InChI is InChI=1S/C21H22F3N5O2/c1-4-29(13(2)9-10-18-25-11-15(12-26-18)21(22,23)24)20(30)17-8-6-5-7-16(17)19-27-14(3)31-28-19/h5-8,11-13H,4,9-10H2,1-3H3/t13-/m0/s1. The fraction of sp³-hybridized carbons (Fsp3) is 0.381. The monoisotopic (exact) mass is 433 g/mol. The molecular formula is C21H22F3N5O2. The van der Waals surface area contributed by atoms with Gasteiger partial charge in [-0.25, -0.2) is 9.97 Å². The van der Waals surface area contributed by atoms with Gasteiger partial charge in [-0.3, -0.25) is 4.79 Å². The third kappa shape index (κ3) is 5.25. The molecule has 0 aliphatic heterocycles. The van der Waals surface area contributed by atoms with Crippen LogP contribution in [-0.2, 0) is 12.6 Å². The van der Waals surface area contributed by atoms with Crippen molar-refractivity contribution in [2.45, 2.75) is 45.8 Å². The molecule has 1 amide bonds. The molecule has 0 aliphatic carbocycles. The van der Waals surface area contributed by atoms with Crippen molar-refractivity contribution in [3.8, 4) is 11.4 Å². The fourth-order valence-electron chi connectivity index (χ4n) is 3.21. The maximum absolute atomic E-state index is 13.3. The van der Waals surface area contributed by atoms with Crippen LogP contribution in [0.15, 0.2) is 41.2 Å². The number of carbonyl (C=O) groups is 1. The summed E-state index contributed by atoms with van der Waals surface area (Å²) in [6.45, 7) is 5.87. The Morgan fingerprint density at radius 1 is 1.19 bits per heavy atom. The number of benzene rings is 1. The van der Waals surface area contributed by atoms with Gasteiger partial charge in [-0.05, 0) is 26.3 Å². The Morgan fingerprint density at radius 3 is 2.45 bits per heavy atom. The van der Waals surface area contributed by atoms with Gasteiger partial charge in [0.1, 0.15) is 5.82 Å². The highest BCUT2D eigenvalue weighted by atomic mass is 19.4. The SMILES string of the molecule is CCN(C(=O)c1ccccc1-c1noc(C)n1)[C@@H](C)CCc1ncc(C(F)(F)F)cn1. The maximum Gasteiger partial charge on any atom is 0.419 e. The van der Waals surface area contributed by atoms with Gasteiger partial charge in [-0.2, -0.15) is 18.2 Å². The van der Waals surface area contributed by atoms with Crippen molar-refractivity contribution in [1.82, 2.24) is 25.0 Å². The van der Waals surface area contributed by atoms with Crippen molar-refractivity contribution in [2.75, 3.05) is 6.54 Å². The van der Waals surface area contributed by atoms with E-state index in [4.69, 9.17) is 4.52 Å². The largest absolute Gasteiger partial charge is 0.419 e. The number of aryl methyl sites for hydroxylation is 2. The highest BCUT2D eigenvalue weighted by molar-refractivity contribution is 6.00. The Hall–Kier alpha value is -3.30. The van der Waals surface area contributed by atoms with Crippen molar-refractivity contribution in [3.05, 3.63) is 59.5 Å². The smallest absolute Gasteiger partial charge is 0.339 e. The average Bonchev–Trinajstić information content (AvgIpc) is 3.18. The molecular weight excluding hydrogens is 411 g/mol. The van der Waals surface area contributed by atoms with Crippen molar-refractivity contribution in [2.24, 2.45) is 0 Å². The van der Waals surface area contributed by atoms with E-state index in [2.05, 4.69) is 20.1 Å². The van der Waals surface area contributed by atoms with Crippen molar-refractivity contribution in [1.29, 1.82) is 0 Å². The summed E-state index contributed by atoms with van der Waals surface area (Å²) in [6, 6.07) is 6.82. The molecule has 2 aromatic heterocycles. The van der Waals surface area contributed by atoms with Crippen molar-refractivity contribution < 1.29 is 22.5 Å². The Morgan fingerprint density at radius 2 is 1.87 bits per heavy atom. The van der Waals surface area contributed by atoms with Gasteiger partial charge in [0.25, 0.3) is 5.91 Å². The molecule has 164 valence electrons. The number of halogens is 3. The van der Waals surface area contributed by atoms with Gasteiger partial charge >= 0.3 is 6.18 Å². The molecule has 0 saturated heterocycles. The van der Waals surface area contributed by atoms with Crippen molar-refractivity contribution >= 4 is 5.91 Å². The van der Waals surface area contributed by atoms with Gasteiger partial charge in [-0.15, -0.1) is 0 Å². The zero-order valence-electron chi connectivity index (χ0n) is 17.3. The number of hydrogen-bond acceptors (Lipinski definition) is 6. The summed E-state index contributed by atoms with van der Waals surface area (Å²) in [5, 5.41) is 3.91. The number of hydrogen-bond donors (Lipinski definition) is 0. The van der Waals surface area contributed by atoms with Gasteiger partial charge in [0.05, 0.1) is 11.1 Å². The number of nitrogens with zero attached hydrogens (tertiary/aromatic N) is 5. The third-order valence-electron chi connectivity index (χ3n) is 4.88. The molecule has 0 aliphatic rings. The highest BCUT2D eigenvalue weighted by Crippen LogP contribution is 2.28. The zero-order valence-corrected chi connectivity index (χ0v) is 17.3. The first kappa shape index (κ1) is 22.4. The molecule has 3 aromatic rings. The molecule has 31 heavy (non-hydrogen) atoms. The minimum atomic E-state index is -4.47. The zero-order chi connectivity index (χ0) is 22.6. The molecule has 0 radical (unpaired) electrons. The van der Waals surface area contributed by atoms with Gasteiger partial charge < -0.3 is 9.42 Å². The molecule has 0 unspecified atom stereocenters. The topological polar surface area (TPSA) is 85.0 Å². The minimum absolute atomic E-state index is 0.191. The predicted molar refractivity (Wildman–Crippen MR) is 106 cm³/mol. The van der Waals surface area contributed by atoms with Gasteiger partial charge in [0.2, 0.25) is 11.7 Å². The molecule has 0 N–H and O–H groups in total. The van der Waals surface area contributed by atoms with Crippen LogP contribution in [0.4, 0.5) is 13.2 Å². The summed E-state index contributed by atoms with van der Waals surface area (Å²) < 4.78 is 43.0. The van der Waals surface area contributed by atoms with Crippen LogP contribution in [0.2, 0.25) is 0 Å². The number of alkyl halides is 3. The molecule has 1 aromatic carbocycles. The molecule has 0 saturated carbocycles. The number of amides is 1. The van der Waals surface area contributed by atoms with E-state index >= 15 is 0 Å². The minimum Gasteiger partial charge on any atom is -0.339 e. The normalized spacial score (nSPS) is 12.6. The van der Waals surface area contributed by atoms with Crippen molar-refractivity contribution in [3.63, 3.8) is 0 Å².